The van der Waals surface area contributed by atoms with Crippen molar-refractivity contribution in [1.29, 1.82) is 0 Å². The molecule has 18 heavy (non-hydrogen) atoms. The zero-order valence-electron chi connectivity index (χ0n) is 8.52. The Bertz CT molecular complexity index is 355. The minimum Gasteiger partial charge on any atom is -0.593 e. The highest BCUT2D eigenvalue weighted by molar-refractivity contribution is 7.39. The standard InChI is InChI=1S/C6H10O10P2/c7-1-2(8)5(11,17(13)14)4(10)6(12,3(1)9)18(15)16/h1-4,7-12H/t1?,2-,3-,4?,5+,6+/m0/s1. The lowest BCUT2D eigenvalue weighted by Gasteiger charge is -2.44. The Hall–Kier alpha value is -0.120. The summed E-state index contributed by atoms with van der Waals surface area (Å²) in [4.78, 5) is 21.7. The van der Waals surface area contributed by atoms with Crippen molar-refractivity contribution in [1.82, 2.24) is 0 Å². The van der Waals surface area contributed by atoms with Gasteiger partial charge in [0.1, 0.15) is 6.10 Å². The lowest BCUT2D eigenvalue weighted by molar-refractivity contribution is -0.284. The Kier molecular flexibility index (Phi) is 4.22. The molecule has 6 N–H and O–H groups in total. The molecule has 2 unspecified atom stereocenters. The summed E-state index contributed by atoms with van der Waals surface area (Å²) in [5.74, 6) is 0. The van der Waals surface area contributed by atoms with E-state index in [1.165, 1.54) is 0 Å². The first-order valence-electron chi connectivity index (χ1n) is 4.48. The minimum atomic E-state index is -4.05. The summed E-state index contributed by atoms with van der Waals surface area (Å²) in [5, 5.41) is 49.4. The number of hydrogen-bond donors (Lipinski definition) is 6. The summed E-state index contributed by atoms with van der Waals surface area (Å²) in [5.41, 5.74) is 0. The maximum absolute atomic E-state index is 10.8. The molecule has 0 aromatic heterocycles. The quantitative estimate of drug-likeness (QED) is 0.268. The van der Waals surface area contributed by atoms with E-state index < -0.39 is 51.2 Å². The summed E-state index contributed by atoms with van der Waals surface area (Å²) >= 11 is 0. The number of aliphatic hydroxyl groups excluding tert-OH is 4. The fourth-order valence-corrected chi connectivity index (χ4v) is 3.36. The highest BCUT2D eigenvalue weighted by atomic mass is 31.1. The van der Waals surface area contributed by atoms with Crippen molar-refractivity contribution < 1.29 is 49.6 Å². The van der Waals surface area contributed by atoms with Gasteiger partial charge < -0.3 is 40.4 Å². The third-order valence-corrected chi connectivity index (χ3v) is 5.10. The summed E-state index contributed by atoms with van der Waals surface area (Å²) < 4.78 is 21.7. The average Bonchev–Trinajstić information content (AvgIpc) is 2.30. The molecule has 0 aromatic carbocycles. The van der Waals surface area contributed by atoms with Gasteiger partial charge in [0.15, 0.2) is 12.2 Å². The van der Waals surface area contributed by atoms with E-state index >= 15 is 0 Å². The molecule has 0 aromatic rings. The normalized spacial score (nSPS) is 50.9. The van der Waals surface area contributed by atoms with Gasteiger partial charge in [0.2, 0.25) is 6.10 Å². The van der Waals surface area contributed by atoms with Crippen LogP contribution in [0.2, 0.25) is 0 Å². The van der Waals surface area contributed by atoms with Crippen molar-refractivity contribution in [2.45, 2.75) is 35.1 Å². The molecule has 0 amide bonds. The van der Waals surface area contributed by atoms with Crippen molar-refractivity contribution in [3.8, 4) is 0 Å². The first kappa shape index (κ1) is 15.9. The van der Waals surface area contributed by atoms with Crippen LogP contribution < -0.4 is 9.79 Å². The Labute approximate surface area is 101 Å². The van der Waals surface area contributed by atoms with Crippen LogP contribution in [0.25, 0.3) is 0 Å². The molecule has 0 bridgehead atoms. The molecule has 6 atom stereocenters. The minimum absolute atomic E-state index is 2.50. The van der Waals surface area contributed by atoms with Crippen LogP contribution in [0.3, 0.4) is 0 Å². The molecule has 10 nitrogen and oxygen atoms in total. The lowest BCUT2D eigenvalue weighted by atomic mass is 9.83. The van der Waals surface area contributed by atoms with E-state index in [-0.39, 0.29) is 0 Å². The first-order chi connectivity index (χ1) is 8.02. The van der Waals surface area contributed by atoms with Gasteiger partial charge in [-0.05, 0) is 0 Å². The van der Waals surface area contributed by atoms with E-state index in [1.54, 1.807) is 0 Å². The molecule has 1 rings (SSSR count). The second-order valence-corrected chi connectivity index (χ2v) is 6.32. The van der Waals surface area contributed by atoms with Gasteiger partial charge in [-0.1, -0.05) is 9.13 Å². The van der Waals surface area contributed by atoms with E-state index in [0.29, 0.717) is 0 Å². The fraction of sp³-hybridized carbons (Fsp3) is 1.00. The first-order valence-corrected chi connectivity index (χ1v) is 6.83. The van der Waals surface area contributed by atoms with Gasteiger partial charge in [-0.3, -0.25) is 0 Å². The molecular formula is C6H10O10P2. The SMILES string of the molecule is O=[P+]([O-])[C@@]1(O)C(O)[C@](O)([P+](=O)[O-])[C@@H](O)C(O)[C@@H]1O. The van der Waals surface area contributed by atoms with Crippen LogP contribution >= 0.6 is 16.1 Å². The van der Waals surface area contributed by atoms with Gasteiger partial charge in [-0.2, -0.15) is 0 Å². The van der Waals surface area contributed by atoms with Crippen LogP contribution in [0.5, 0.6) is 0 Å². The average molecular weight is 304 g/mol. The van der Waals surface area contributed by atoms with Crippen LogP contribution in [-0.2, 0) is 9.13 Å². The topological polar surface area (TPSA) is 202 Å². The fourth-order valence-electron chi connectivity index (χ4n) is 1.73. The molecular weight excluding hydrogens is 294 g/mol. The Morgan fingerprint density at radius 2 is 1.11 bits per heavy atom. The van der Waals surface area contributed by atoms with E-state index in [2.05, 4.69) is 0 Å². The summed E-state index contributed by atoms with van der Waals surface area (Å²) in [6.07, 6.45) is -10.7. The van der Waals surface area contributed by atoms with Gasteiger partial charge in [-0.15, -0.1) is 0 Å². The predicted octanol–water partition coefficient (Wildman–Crippen LogP) is -4.97. The maximum Gasteiger partial charge on any atom is 0.350 e. The molecule has 0 radical (unpaired) electrons. The van der Waals surface area contributed by atoms with E-state index in [0.717, 1.165) is 0 Å². The zero-order valence-corrected chi connectivity index (χ0v) is 10.3. The molecule has 0 saturated heterocycles. The van der Waals surface area contributed by atoms with Gasteiger partial charge >= 0.3 is 26.7 Å². The van der Waals surface area contributed by atoms with Crippen LogP contribution in [0, 0.1) is 0 Å². The van der Waals surface area contributed by atoms with Crippen LogP contribution in [-0.4, -0.2) is 65.7 Å². The third-order valence-electron chi connectivity index (χ3n) is 2.91. The Morgan fingerprint density at radius 1 is 0.833 bits per heavy atom. The molecule has 1 aliphatic rings. The third kappa shape index (κ3) is 1.83. The molecule has 12 heteroatoms. The molecule has 1 aliphatic carbocycles. The van der Waals surface area contributed by atoms with Crippen LogP contribution in [0.1, 0.15) is 0 Å². The number of aliphatic hydroxyl groups is 6. The van der Waals surface area contributed by atoms with Crippen molar-refractivity contribution in [3.63, 3.8) is 0 Å². The predicted molar refractivity (Wildman–Crippen MR) is 49.1 cm³/mol. The number of rotatable bonds is 2. The number of hydrogen-bond acceptors (Lipinski definition) is 10. The largest absolute Gasteiger partial charge is 0.593 e. The highest BCUT2D eigenvalue weighted by Gasteiger charge is 2.77. The molecule has 0 heterocycles. The van der Waals surface area contributed by atoms with Crippen LogP contribution in [0.4, 0.5) is 0 Å². The molecule has 1 fully saturated rings. The van der Waals surface area contributed by atoms with Crippen molar-refractivity contribution in [2.75, 3.05) is 0 Å². The van der Waals surface area contributed by atoms with Gasteiger partial charge in [-0.25, -0.2) is 0 Å². The van der Waals surface area contributed by atoms with Crippen molar-refractivity contribution in [2.24, 2.45) is 0 Å². The molecule has 0 spiro atoms. The zero-order chi connectivity index (χ0) is 14.5. The Balaban J connectivity index is 3.43. The van der Waals surface area contributed by atoms with Gasteiger partial charge in [0.05, 0.1) is 0 Å². The van der Waals surface area contributed by atoms with E-state index in [4.69, 9.17) is 0 Å². The molecule has 0 aliphatic heterocycles. The van der Waals surface area contributed by atoms with Gasteiger partial charge in [0, 0.05) is 0 Å². The smallest absolute Gasteiger partial charge is 0.350 e. The van der Waals surface area contributed by atoms with Crippen molar-refractivity contribution >= 4 is 16.1 Å². The monoisotopic (exact) mass is 304 g/mol. The summed E-state index contributed by atoms with van der Waals surface area (Å²) in [6.45, 7) is 0. The summed E-state index contributed by atoms with van der Waals surface area (Å²) in [6, 6.07) is 0. The highest BCUT2D eigenvalue weighted by Crippen LogP contribution is 2.52. The second kappa shape index (κ2) is 4.77. The van der Waals surface area contributed by atoms with Crippen LogP contribution in [0.15, 0.2) is 0 Å². The maximum atomic E-state index is 10.8. The van der Waals surface area contributed by atoms with Crippen molar-refractivity contribution in [3.05, 3.63) is 0 Å². The van der Waals surface area contributed by atoms with Gasteiger partial charge in [0.25, 0.3) is 0 Å². The molecule has 104 valence electrons. The van der Waals surface area contributed by atoms with E-state index in [9.17, 15) is 49.6 Å². The summed E-state index contributed by atoms with van der Waals surface area (Å²) in [7, 11) is -8.10. The second-order valence-electron chi connectivity index (χ2n) is 3.86. The molecule has 1 saturated carbocycles. The lowest BCUT2D eigenvalue weighted by Crippen LogP contribution is -2.74. The Morgan fingerprint density at radius 3 is 1.33 bits per heavy atom. The van der Waals surface area contributed by atoms with E-state index in [1.807, 2.05) is 0 Å².